The molecule has 11 heteroatoms. The first-order valence-corrected chi connectivity index (χ1v) is 18.0. The van der Waals surface area contributed by atoms with Gasteiger partial charge in [-0.1, -0.05) is 48.4 Å². The van der Waals surface area contributed by atoms with Gasteiger partial charge in [0.25, 0.3) is 0 Å². The molecule has 2 nitrogen and oxygen atoms in total. The van der Waals surface area contributed by atoms with Crippen molar-refractivity contribution in [2.45, 2.75) is 33.4 Å². The van der Waals surface area contributed by atoms with Gasteiger partial charge >= 0.3 is 0 Å². The summed E-state index contributed by atoms with van der Waals surface area (Å²) in [4.78, 5) is 27.8. The number of rotatable bonds is 12. The quantitative estimate of drug-likeness (QED) is 0.120. The van der Waals surface area contributed by atoms with E-state index in [1.54, 1.807) is 49.1 Å². The maximum Gasteiger partial charge on any atom is 0.214 e. The number of hydrogen-bond donors (Lipinski definition) is 0. The van der Waals surface area contributed by atoms with Crippen molar-refractivity contribution in [3.63, 3.8) is 0 Å². The van der Waals surface area contributed by atoms with Crippen LogP contribution >= 0.6 is 123 Å². The maximum atomic E-state index is 11.7. The number of carbonyl (C=O) groups excluding carboxylic acids is 2. The van der Waals surface area contributed by atoms with Crippen molar-refractivity contribution < 1.29 is 9.59 Å². The Bertz CT molecular complexity index is 1000. The predicted octanol–water partition coefficient (Wildman–Crippen LogP) is 10.7. The van der Waals surface area contributed by atoms with E-state index in [-0.39, 0.29) is 10.2 Å². The zero-order valence-electron chi connectivity index (χ0n) is 18.9. The van der Waals surface area contributed by atoms with Gasteiger partial charge in [0.1, 0.15) is 0 Å². The molecule has 35 heavy (non-hydrogen) atoms. The third-order valence-corrected chi connectivity index (χ3v) is 13.3. The fourth-order valence-electron chi connectivity index (χ4n) is 2.41. The third-order valence-electron chi connectivity index (χ3n) is 4.00. The van der Waals surface area contributed by atoms with Gasteiger partial charge in [0.15, 0.2) is 0 Å². The molecule has 0 bridgehead atoms. The number of benzene rings is 2. The summed E-state index contributed by atoms with van der Waals surface area (Å²) in [6.07, 6.45) is 0. The van der Waals surface area contributed by atoms with Crippen LogP contribution in [0.3, 0.4) is 0 Å². The largest absolute Gasteiger partial charge is 0.282 e. The second-order valence-corrected chi connectivity index (χ2v) is 16.0. The van der Waals surface area contributed by atoms with Crippen molar-refractivity contribution in [3.05, 3.63) is 66.5 Å². The van der Waals surface area contributed by atoms with E-state index in [0.29, 0.717) is 11.1 Å². The molecule has 0 unspecified atom stereocenters. The summed E-state index contributed by atoms with van der Waals surface area (Å²) in [6, 6.07) is 8.46. The van der Waals surface area contributed by atoms with E-state index < -0.39 is 0 Å². The Kier molecular flexibility index (Phi) is 14.8. The molecular weight excluding hydrogens is 800 g/mol. The molecular formula is C24H22Br4O2S5. The van der Waals surface area contributed by atoms with Crippen molar-refractivity contribution in [3.8, 4) is 0 Å². The molecule has 0 saturated carbocycles. The van der Waals surface area contributed by atoms with Crippen LogP contribution in [0, 0.1) is 0 Å². The topological polar surface area (TPSA) is 34.1 Å². The van der Waals surface area contributed by atoms with Crippen LogP contribution in [-0.2, 0) is 9.59 Å². The average molecular weight is 822 g/mol. The van der Waals surface area contributed by atoms with E-state index in [1.165, 1.54) is 23.5 Å². The van der Waals surface area contributed by atoms with Crippen molar-refractivity contribution in [1.29, 1.82) is 0 Å². The predicted molar refractivity (Wildman–Crippen MR) is 174 cm³/mol. The minimum Gasteiger partial charge on any atom is -0.282 e. The van der Waals surface area contributed by atoms with E-state index in [4.69, 9.17) is 0 Å². The van der Waals surface area contributed by atoms with Gasteiger partial charge in [-0.15, -0.1) is 23.5 Å². The number of halogens is 4. The van der Waals surface area contributed by atoms with Gasteiger partial charge in [-0.05, 0) is 113 Å². The summed E-state index contributed by atoms with van der Waals surface area (Å²) in [5.74, 6) is 3.13. The molecule has 2 aromatic rings. The summed E-state index contributed by atoms with van der Waals surface area (Å²) in [5, 5.41) is 0.1000. The SMILES string of the molecule is C=C(C)C(=O)SCCSc1c(Br)cc(Sc2cc(Br)c(SCCSC(=O)C(=C)C)c(Br)c2)cc1Br. The lowest BCUT2D eigenvalue weighted by atomic mass is 10.4. The number of thioether (sulfide) groups is 4. The van der Waals surface area contributed by atoms with Gasteiger partial charge in [-0.3, -0.25) is 9.59 Å². The molecule has 0 amide bonds. The summed E-state index contributed by atoms with van der Waals surface area (Å²) in [5.41, 5.74) is 1.17. The summed E-state index contributed by atoms with van der Waals surface area (Å²) >= 11 is 22.5. The Balaban J connectivity index is 1.99. The molecule has 0 saturated heterocycles. The van der Waals surface area contributed by atoms with Crippen molar-refractivity contribution in [2.75, 3.05) is 23.0 Å². The van der Waals surface area contributed by atoms with Crippen molar-refractivity contribution in [1.82, 2.24) is 0 Å². The van der Waals surface area contributed by atoms with Crippen molar-refractivity contribution in [2.24, 2.45) is 0 Å². The highest BCUT2D eigenvalue weighted by molar-refractivity contribution is 9.11. The monoisotopic (exact) mass is 818 g/mol. The fraction of sp³-hybridized carbons (Fsp3) is 0.250. The summed E-state index contributed by atoms with van der Waals surface area (Å²) in [6.45, 7) is 10.9. The van der Waals surface area contributed by atoms with Gasteiger partial charge in [0, 0.05) is 60.5 Å². The molecule has 0 N–H and O–H groups in total. The Morgan fingerprint density at radius 3 is 1.26 bits per heavy atom. The normalized spacial score (nSPS) is 10.9. The molecule has 0 spiro atoms. The molecule has 2 aromatic carbocycles. The molecule has 0 aliphatic heterocycles. The second-order valence-electron chi connectivity index (χ2n) is 7.06. The zero-order chi connectivity index (χ0) is 26.1. The van der Waals surface area contributed by atoms with E-state index in [2.05, 4.69) is 101 Å². The highest BCUT2D eigenvalue weighted by Crippen LogP contribution is 2.43. The van der Waals surface area contributed by atoms with E-state index >= 15 is 0 Å². The third kappa shape index (κ3) is 10.9. The molecule has 0 aromatic heterocycles. The highest BCUT2D eigenvalue weighted by Gasteiger charge is 2.13. The Labute approximate surface area is 262 Å². The lowest BCUT2D eigenvalue weighted by molar-refractivity contribution is -0.108. The van der Waals surface area contributed by atoms with Crippen LogP contribution in [0.5, 0.6) is 0 Å². The lowest BCUT2D eigenvalue weighted by Gasteiger charge is -2.12. The smallest absolute Gasteiger partial charge is 0.214 e. The van der Waals surface area contributed by atoms with Gasteiger partial charge in [-0.2, -0.15) is 0 Å². The van der Waals surface area contributed by atoms with E-state index in [0.717, 1.165) is 60.5 Å². The first kappa shape index (κ1) is 32.1. The fourth-order valence-corrected chi connectivity index (χ4v) is 11.1. The number of hydrogen-bond acceptors (Lipinski definition) is 7. The van der Waals surface area contributed by atoms with Crippen LogP contribution < -0.4 is 0 Å². The molecule has 188 valence electrons. The van der Waals surface area contributed by atoms with Crippen molar-refractivity contribution >= 4 is 133 Å². The lowest BCUT2D eigenvalue weighted by Crippen LogP contribution is -1.95. The van der Waals surface area contributed by atoms with Gasteiger partial charge < -0.3 is 0 Å². The van der Waals surface area contributed by atoms with Crippen LogP contribution in [0.4, 0.5) is 0 Å². The van der Waals surface area contributed by atoms with Crippen LogP contribution in [0.15, 0.2) is 86.0 Å². The first-order valence-electron chi connectivity index (χ1n) is 10.1. The standard InChI is InChI=1S/C24H22Br4O2S5/c1-13(2)23(29)33-7-5-31-21-17(25)9-15(10-18(21)26)35-16-11-19(27)22(20(28)12-16)32-6-8-34-24(30)14(3)4/h9-12H,1,3,5-8H2,2,4H3. The Morgan fingerprint density at radius 1 is 0.657 bits per heavy atom. The summed E-state index contributed by atoms with van der Waals surface area (Å²) < 4.78 is 4.07. The zero-order valence-corrected chi connectivity index (χ0v) is 29.3. The van der Waals surface area contributed by atoms with Crippen LogP contribution in [0.1, 0.15) is 13.8 Å². The van der Waals surface area contributed by atoms with Gasteiger partial charge in [-0.25, -0.2) is 0 Å². The minimum atomic E-state index is 0.0500. The molecule has 2 rings (SSSR count). The first-order chi connectivity index (χ1) is 16.5. The van der Waals surface area contributed by atoms with Crippen LogP contribution in [-0.4, -0.2) is 33.2 Å². The van der Waals surface area contributed by atoms with Gasteiger partial charge in [0.2, 0.25) is 10.2 Å². The summed E-state index contributed by atoms with van der Waals surface area (Å²) in [7, 11) is 0. The molecule has 0 radical (unpaired) electrons. The molecule has 0 fully saturated rings. The molecule has 0 heterocycles. The molecule has 0 aliphatic carbocycles. The second kappa shape index (κ2) is 16.1. The number of carbonyl (C=O) groups is 2. The Morgan fingerprint density at radius 2 is 0.971 bits per heavy atom. The molecule has 0 atom stereocenters. The van der Waals surface area contributed by atoms with E-state index in [1.807, 2.05) is 0 Å². The van der Waals surface area contributed by atoms with E-state index in [9.17, 15) is 9.59 Å². The minimum absolute atomic E-state index is 0.0500. The average Bonchev–Trinajstić information content (AvgIpc) is 2.76. The van der Waals surface area contributed by atoms with Crippen LogP contribution in [0.2, 0.25) is 0 Å². The molecule has 0 aliphatic rings. The highest BCUT2D eigenvalue weighted by atomic mass is 79.9. The maximum absolute atomic E-state index is 11.7. The van der Waals surface area contributed by atoms with Gasteiger partial charge in [0.05, 0.1) is 0 Å². The Hall–Kier alpha value is 0.930. The van der Waals surface area contributed by atoms with Crippen LogP contribution in [0.25, 0.3) is 0 Å².